The van der Waals surface area contributed by atoms with Gasteiger partial charge in [0.15, 0.2) is 5.96 Å². The van der Waals surface area contributed by atoms with Crippen molar-refractivity contribution in [3.63, 3.8) is 0 Å². The molecule has 10 heteroatoms. The summed E-state index contributed by atoms with van der Waals surface area (Å²) in [6.45, 7) is 1.10. The van der Waals surface area contributed by atoms with E-state index in [0.717, 1.165) is 23.4 Å². The molecule has 0 aliphatic carbocycles. The number of nitrogens with one attached hydrogen (secondary N) is 2. The molecule has 2 N–H and O–H groups in total. The van der Waals surface area contributed by atoms with Gasteiger partial charge >= 0.3 is 6.18 Å². The molecule has 0 aliphatic heterocycles. The van der Waals surface area contributed by atoms with Crippen LogP contribution in [-0.4, -0.2) is 55.5 Å². The van der Waals surface area contributed by atoms with Gasteiger partial charge in [0.2, 0.25) is 5.91 Å². The maximum atomic E-state index is 12.6. The third-order valence-electron chi connectivity index (χ3n) is 4.47. The Kier molecular flexibility index (Phi) is 11.3. The van der Waals surface area contributed by atoms with E-state index in [1.165, 1.54) is 12.1 Å². The molecule has 0 radical (unpaired) electrons. The topological polar surface area (TPSA) is 69.6 Å². The van der Waals surface area contributed by atoms with Gasteiger partial charge in [-0.1, -0.05) is 18.2 Å². The normalized spacial score (nSPS) is 11.5. The van der Waals surface area contributed by atoms with Crippen LogP contribution in [0.15, 0.2) is 53.7 Å². The minimum Gasteiger partial charge on any atom is -0.356 e. The van der Waals surface area contributed by atoms with E-state index in [4.69, 9.17) is 0 Å². The van der Waals surface area contributed by atoms with Crippen LogP contribution in [-0.2, 0) is 23.8 Å². The fourth-order valence-corrected chi connectivity index (χ4v) is 2.65. The summed E-state index contributed by atoms with van der Waals surface area (Å²) in [5.74, 6) is 0.366. The van der Waals surface area contributed by atoms with Crippen molar-refractivity contribution in [3.8, 4) is 0 Å². The highest BCUT2D eigenvalue weighted by Gasteiger charge is 2.29. The largest absolute Gasteiger partial charge is 0.416 e. The Morgan fingerprint density at radius 1 is 1.10 bits per heavy atom. The molecule has 1 heterocycles. The van der Waals surface area contributed by atoms with Crippen molar-refractivity contribution in [2.45, 2.75) is 19.0 Å². The van der Waals surface area contributed by atoms with Crippen LogP contribution in [0.1, 0.15) is 16.8 Å². The number of hydrogen-bond donors (Lipinski definition) is 2. The number of amides is 1. The third-order valence-corrected chi connectivity index (χ3v) is 4.47. The number of pyridine rings is 1. The average molecular weight is 549 g/mol. The number of alkyl halides is 3. The van der Waals surface area contributed by atoms with Crippen LogP contribution in [0.5, 0.6) is 0 Å². The molecule has 0 unspecified atom stereocenters. The van der Waals surface area contributed by atoms with Crippen molar-refractivity contribution < 1.29 is 18.0 Å². The van der Waals surface area contributed by atoms with Crippen molar-refractivity contribution in [1.82, 2.24) is 20.5 Å². The number of benzene rings is 1. The summed E-state index contributed by atoms with van der Waals surface area (Å²) < 4.78 is 37.8. The molecule has 0 bridgehead atoms. The van der Waals surface area contributed by atoms with Crippen LogP contribution in [0, 0.1) is 0 Å². The molecule has 2 aromatic rings. The first-order valence-electron chi connectivity index (χ1n) is 9.54. The second-order valence-electron chi connectivity index (χ2n) is 6.68. The van der Waals surface area contributed by atoms with Gasteiger partial charge in [0, 0.05) is 45.5 Å². The van der Waals surface area contributed by atoms with Crippen molar-refractivity contribution in [2.24, 2.45) is 4.99 Å². The highest BCUT2D eigenvalue weighted by Crippen LogP contribution is 2.29. The molecule has 0 atom stereocenters. The fraction of sp³-hybridized carbons (Fsp3) is 0.381. The quantitative estimate of drug-likeness (QED) is 0.302. The van der Waals surface area contributed by atoms with Gasteiger partial charge in [-0.15, -0.1) is 24.0 Å². The first-order chi connectivity index (χ1) is 14.3. The first-order valence-corrected chi connectivity index (χ1v) is 9.54. The SMILES string of the molecule is CN=C(NCCc1ccc(C(F)(F)F)cc1)NCC(=O)N(C)CCc1ccccn1.I. The van der Waals surface area contributed by atoms with Crippen molar-refractivity contribution in [2.75, 3.05) is 33.7 Å². The van der Waals surface area contributed by atoms with E-state index in [1.54, 1.807) is 25.2 Å². The fourth-order valence-electron chi connectivity index (χ4n) is 2.65. The van der Waals surface area contributed by atoms with E-state index in [-0.39, 0.29) is 36.4 Å². The summed E-state index contributed by atoms with van der Waals surface area (Å²) in [5.41, 5.74) is 1.03. The minimum atomic E-state index is -4.33. The number of aliphatic imine (C=N–C) groups is 1. The minimum absolute atomic E-state index is 0. The number of guanidine groups is 1. The molecule has 170 valence electrons. The predicted molar refractivity (Wildman–Crippen MR) is 126 cm³/mol. The molecule has 6 nitrogen and oxygen atoms in total. The molecule has 0 aliphatic rings. The molecule has 1 amide bonds. The van der Waals surface area contributed by atoms with Gasteiger partial charge in [0.25, 0.3) is 0 Å². The van der Waals surface area contributed by atoms with Gasteiger partial charge in [0.05, 0.1) is 12.1 Å². The summed E-state index contributed by atoms with van der Waals surface area (Å²) >= 11 is 0. The Labute approximate surface area is 197 Å². The van der Waals surface area contributed by atoms with Gasteiger partial charge in [-0.2, -0.15) is 13.2 Å². The molecule has 0 saturated carbocycles. The lowest BCUT2D eigenvalue weighted by molar-refractivity contribution is -0.137. The predicted octanol–water partition coefficient (Wildman–Crippen LogP) is 3.13. The molecular formula is C21H27F3IN5O. The molecule has 0 fully saturated rings. The Balaban J connectivity index is 0.00000480. The lowest BCUT2D eigenvalue weighted by atomic mass is 10.1. The van der Waals surface area contributed by atoms with Gasteiger partial charge in [-0.3, -0.25) is 14.8 Å². The zero-order valence-electron chi connectivity index (χ0n) is 17.4. The summed E-state index contributed by atoms with van der Waals surface area (Å²) in [6, 6.07) is 10.7. The molecule has 0 saturated heterocycles. The standard InChI is InChI=1S/C21H26F3N5O.HI/c1-25-20(27-13-10-16-6-8-17(9-7-16)21(22,23)24)28-15-19(30)29(2)14-11-18-5-3-4-12-26-18;/h3-9,12H,10-11,13-15H2,1-2H3,(H2,25,27,28);1H. The zero-order chi connectivity index (χ0) is 22.0. The molecule has 2 rings (SSSR count). The van der Waals surface area contributed by atoms with Crippen LogP contribution in [0.3, 0.4) is 0 Å². The highest BCUT2D eigenvalue weighted by atomic mass is 127. The molecule has 1 aromatic carbocycles. The summed E-state index contributed by atoms with van der Waals surface area (Å²) in [5, 5.41) is 6.00. The monoisotopic (exact) mass is 549 g/mol. The number of carbonyl (C=O) groups is 1. The third kappa shape index (κ3) is 9.53. The van der Waals surface area contributed by atoms with Crippen LogP contribution in [0.25, 0.3) is 0 Å². The number of aromatic nitrogens is 1. The maximum absolute atomic E-state index is 12.6. The molecule has 31 heavy (non-hydrogen) atoms. The van der Waals surface area contributed by atoms with Crippen LogP contribution in [0.4, 0.5) is 13.2 Å². The van der Waals surface area contributed by atoms with E-state index in [9.17, 15) is 18.0 Å². The average Bonchev–Trinajstić information content (AvgIpc) is 2.74. The van der Waals surface area contributed by atoms with Gasteiger partial charge in [-0.25, -0.2) is 0 Å². The van der Waals surface area contributed by atoms with Crippen molar-refractivity contribution in [1.29, 1.82) is 0 Å². The molecular weight excluding hydrogens is 522 g/mol. The van der Waals surface area contributed by atoms with Gasteiger partial charge in [-0.05, 0) is 36.2 Å². The number of halogens is 4. The highest BCUT2D eigenvalue weighted by molar-refractivity contribution is 14.0. The summed E-state index contributed by atoms with van der Waals surface area (Å²) in [7, 11) is 3.32. The number of carbonyl (C=O) groups excluding carboxylic acids is 1. The molecule has 0 spiro atoms. The summed E-state index contributed by atoms with van der Waals surface area (Å²) in [4.78, 5) is 22.2. The maximum Gasteiger partial charge on any atom is 0.416 e. The van der Waals surface area contributed by atoms with Gasteiger partial charge in [0.1, 0.15) is 0 Å². The van der Waals surface area contributed by atoms with Crippen LogP contribution >= 0.6 is 24.0 Å². The van der Waals surface area contributed by atoms with Crippen molar-refractivity contribution in [3.05, 3.63) is 65.5 Å². The Morgan fingerprint density at radius 2 is 1.81 bits per heavy atom. The summed E-state index contributed by atoms with van der Waals surface area (Å²) in [6.07, 6.45) is -1.42. The Bertz CT molecular complexity index is 829. The smallest absolute Gasteiger partial charge is 0.356 e. The lowest BCUT2D eigenvalue weighted by Crippen LogP contribution is -2.44. The Morgan fingerprint density at radius 3 is 2.39 bits per heavy atom. The second-order valence-corrected chi connectivity index (χ2v) is 6.68. The lowest BCUT2D eigenvalue weighted by Gasteiger charge is -2.18. The zero-order valence-corrected chi connectivity index (χ0v) is 19.8. The number of likely N-dealkylation sites (N-methyl/N-ethyl adjacent to an activating group) is 1. The Hall–Kier alpha value is -2.37. The second kappa shape index (κ2) is 13.1. The van der Waals surface area contributed by atoms with E-state index in [2.05, 4.69) is 20.6 Å². The van der Waals surface area contributed by atoms with E-state index in [0.29, 0.717) is 31.9 Å². The molecule has 1 aromatic heterocycles. The van der Waals surface area contributed by atoms with Crippen LogP contribution in [0.2, 0.25) is 0 Å². The number of hydrogen-bond acceptors (Lipinski definition) is 3. The van der Waals surface area contributed by atoms with E-state index < -0.39 is 11.7 Å². The first kappa shape index (κ1) is 26.7. The van der Waals surface area contributed by atoms with E-state index >= 15 is 0 Å². The number of rotatable bonds is 8. The van der Waals surface area contributed by atoms with Crippen LogP contribution < -0.4 is 10.6 Å². The van der Waals surface area contributed by atoms with Gasteiger partial charge < -0.3 is 15.5 Å². The van der Waals surface area contributed by atoms with Crippen molar-refractivity contribution >= 4 is 35.8 Å². The number of nitrogens with zero attached hydrogens (tertiary/aromatic N) is 3. The van der Waals surface area contributed by atoms with E-state index in [1.807, 2.05) is 18.2 Å².